The Morgan fingerprint density at radius 1 is 1.15 bits per heavy atom. The number of nitrogens with zero attached hydrogens (tertiary/aromatic N) is 1. The van der Waals surface area contributed by atoms with Crippen LogP contribution >= 0.6 is 11.6 Å². The van der Waals surface area contributed by atoms with Gasteiger partial charge in [-0.15, -0.1) is 0 Å². The van der Waals surface area contributed by atoms with Crippen LogP contribution in [0.4, 0.5) is 10.1 Å². The summed E-state index contributed by atoms with van der Waals surface area (Å²) in [4.78, 5) is 11.8. The van der Waals surface area contributed by atoms with Crippen LogP contribution in [0.25, 0.3) is 0 Å². The Labute approximate surface area is 155 Å². The van der Waals surface area contributed by atoms with Gasteiger partial charge in [-0.2, -0.15) is 4.31 Å². The molecule has 0 spiro atoms. The molecular formula is C17H16ClFN2O4S. The van der Waals surface area contributed by atoms with E-state index in [0.29, 0.717) is 10.6 Å². The zero-order valence-corrected chi connectivity index (χ0v) is 15.2. The maximum absolute atomic E-state index is 14.2. The molecule has 1 amide bonds. The van der Waals surface area contributed by atoms with E-state index in [1.54, 1.807) is 18.2 Å². The molecule has 0 aliphatic carbocycles. The molecule has 0 saturated carbocycles. The maximum Gasteiger partial charge on any atom is 0.255 e. The van der Waals surface area contributed by atoms with E-state index in [2.05, 4.69) is 5.32 Å². The minimum absolute atomic E-state index is 0.154. The molecule has 1 aliphatic heterocycles. The van der Waals surface area contributed by atoms with E-state index < -0.39 is 26.6 Å². The van der Waals surface area contributed by atoms with Gasteiger partial charge in [0.25, 0.3) is 5.91 Å². The number of anilines is 1. The van der Waals surface area contributed by atoms with Crippen molar-refractivity contribution >= 4 is 33.2 Å². The van der Waals surface area contributed by atoms with Crippen molar-refractivity contribution in [2.24, 2.45) is 0 Å². The van der Waals surface area contributed by atoms with Crippen molar-refractivity contribution in [2.75, 3.05) is 31.6 Å². The van der Waals surface area contributed by atoms with Crippen molar-refractivity contribution in [3.05, 3.63) is 58.9 Å². The number of halogens is 2. The number of rotatable bonds is 4. The lowest BCUT2D eigenvalue weighted by molar-refractivity contribution is 0.0729. The van der Waals surface area contributed by atoms with Gasteiger partial charge in [0.2, 0.25) is 10.0 Å². The fraction of sp³-hybridized carbons (Fsp3) is 0.235. The number of carbonyl (C=O) groups excluding carboxylic acids is 1. The van der Waals surface area contributed by atoms with Gasteiger partial charge in [0.05, 0.1) is 13.2 Å². The van der Waals surface area contributed by atoms with Crippen LogP contribution in [0.3, 0.4) is 0 Å². The molecule has 1 aliphatic rings. The van der Waals surface area contributed by atoms with Gasteiger partial charge in [-0.3, -0.25) is 4.79 Å². The molecule has 1 fully saturated rings. The van der Waals surface area contributed by atoms with Crippen LogP contribution in [0.2, 0.25) is 5.02 Å². The molecule has 138 valence electrons. The number of sulfonamides is 1. The van der Waals surface area contributed by atoms with Crippen LogP contribution in [-0.4, -0.2) is 44.9 Å². The van der Waals surface area contributed by atoms with Gasteiger partial charge in [0.15, 0.2) is 0 Å². The largest absolute Gasteiger partial charge is 0.379 e. The molecule has 3 rings (SSSR count). The summed E-state index contributed by atoms with van der Waals surface area (Å²) in [5, 5.41) is 2.95. The molecule has 6 nitrogen and oxygen atoms in total. The second-order valence-electron chi connectivity index (χ2n) is 5.63. The Kier molecular flexibility index (Phi) is 5.57. The van der Waals surface area contributed by atoms with Crippen molar-refractivity contribution in [3.8, 4) is 0 Å². The summed E-state index contributed by atoms with van der Waals surface area (Å²) >= 11 is 5.86. The molecule has 2 aromatic carbocycles. The number of amides is 1. The molecule has 0 bridgehead atoms. The highest BCUT2D eigenvalue weighted by Crippen LogP contribution is 2.24. The number of hydrogen-bond acceptors (Lipinski definition) is 4. The highest BCUT2D eigenvalue weighted by atomic mass is 35.5. The van der Waals surface area contributed by atoms with E-state index in [4.69, 9.17) is 16.3 Å². The minimum Gasteiger partial charge on any atom is -0.379 e. The second-order valence-corrected chi connectivity index (χ2v) is 7.97. The van der Waals surface area contributed by atoms with E-state index in [-0.39, 0.29) is 32.0 Å². The second kappa shape index (κ2) is 7.71. The van der Waals surface area contributed by atoms with Gasteiger partial charge in [0, 0.05) is 29.4 Å². The molecule has 0 atom stereocenters. The van der Waals surface area contributed by atoms with Crippen LogP contribution in [0.15, 0.2) is 47.4 Å². The van der Waals surface area contributed by atoms with Gasteiger partial charge in [-0.25, -0.2) is 12.8 Å². The van der Waals surface area contributed by atoms with Crippen LogP contribution < -0.4 is 5.32 Å². The van der Waals surface area contributed by atoms with Crippen molar-refractivity contribution in [1.82, 2.24) is 4.31 Å². The van der Waals surface area contributed by atoms with Gasteiger partial charge in [-0.1, -0.05) is 17.7 Å². The number of morpholine rings is 1. The van der Waals surface area contributed by atoms with Gasteiger partial charge >= 0.3 is 0 Å². The van der Waals surface area contributed by atoms with E-state index in [1.165, 1.54) is 12.1 Å². The third-order valence-electron chi connectivity index (χ3n) is 3.86. The van der Waals surface area contributed by atoms with Crippen LogP contribution in [0.5, 0.6) is 0 Å². The molecule has 0 unspecified atom stereocenters. The number of hydrogen-bond donors (Lipinski definition) is 1. The first kappa shape index (κ1) is 18.8. The first-order valence-corrected chi connectivity index (χ1v) is 9.64. The third-order valence-corrected chi connectivity index (χ3v) is 6.01. The van der Waals surface area contributed by atoms with Crippen molar-refractivity contribution < 1.29 is 22.3 Å². The summed E-state index contributed by atoms with van der Waals surface area (Å²) in [6.07, 6.45) is 0. The quantitative estimate of drug-likeness (QED) is 0.859. The molecule has 26 heavy (non-hydrogen) atoms. The fourth-order valence-corrected chi connectivity index (χ4v) is 4.23. The molecule has 0 aromatic heterocycles. The van der Waals surface area contributed by atoms with E-state index in [1.807, 2.05) is 0 Å². The van der Waals surface area contributed by atoms with Crippen molar-refractivity contribution in [1.29, 1.82) is 0 Å². The Bertz CT molecular complexity index is 930. The minimum atomic E-state index is -4.02. The third kappa shape index (κ3) is 4.04. The Morgan fingerprint density at radius 3 is 2.58 bits per heavy atom. The smallest absolute Gasteiger partial charge is 0.255 e. The van der Waals surface area contributed by atoms with Crippen LogP contribution in [-0.2, 0) is 14.8 Å². The van der Waals surface area contributed by atoms with Crippen LogP contribution in [0, 0.1) is 5.82 Å². The Balaban J connectivity index is 1.86. The Morgan fingerprint density at radius 2 is 1.88 bits per heavy atom. The highest BCUT2D eigenvalue weighted by molar-refractivity contribution is 7.89. The van der Waals surface area contributed by atoms with E-state index >= 15 is 0 Å². The van der Waals surface area contributed by atoms with Crippen molar-refractivity contribution in [2.45, 2.75) is 4.90 Å². The monoisotopic (exact) mass is 398 g/mol. The predicted molar refractivity (Wildman–Crippen MR) is 95.4 cm³/mol. The molecule has 1 heterocycles. The number of nitrogens with one attached hydrogen (secondary N) is 1. The first-order chi connectivity index (χ1) is 12.4. The van der Waals surface area contributed by atoms with E-state index in [9.17, 15) is 17.6 Å². The molecular weight excluding hydrogens is 383 g/mol. The molecule has 2 aromatic rings. The zero-order valence-electron chi connectivity index (χ0n) is 13.6. The Hall–Kier alpha value is -2.00. The highest BCUT2D eigenvalue weighted by Gasteiger charge is 2.29. The average molecular weight is 399 g/mol. The summed E-state index contributed by atoms with van der Waals surface area (Å²) in [5.74, 6) is -1.36. The van der Waals surface area contributed by atoms with Crippen molar-refractivity contribution in [3.63, 3.8) is 0 Å². The van der Waals surface area contributed by atoms with Crippen LogP contribution in [0.1, 0.15) is 10.4 Å². The van der Waals surface area contributed by atoms with Gasteiger partial charge in [0.1, 0.15) is 10.7 Å². The summed E-state index contributed by atoms with van der Waals surface area (Å²) < 4.78 is 45.8. The summed E-state index contributed by atoms with van der Waals surface area (Å²) in [7, 11) is -4.02. The fourth-order valence-electron chi connectivity index (χ4n) is 2.54. The topological polar surface area (TPSA) is 75.7 Å². The maximum atomic E-state index is 14.2. The zero-order chi connectivity index (χ0) is 18.7. The predicted octanol–water partition coefficient (Wildman–Crippen LogP) is 2.75. The summed E-state index contributed by atoms with van der Waals surface area (Å²) in [5.41, 5.74) is 0.475. The SMILES string of the molecule is O=C(Nc1ccc(F)c(S(=O)(=O)N2CCOCC2)c1)c1cccc(Cl)c1. The number of ether oxygens (including phenoxy) is 1. The van der Waals surface area contributed by atoms with Gasteiger partial charge in [-0.05, 0) is 36.4 Å². The average Bonchev–Trinajstić information content (AvgIpc) is 2.64. The lowest BCUT2D eigenvalue weighted by Crippen LogP contribution is -2.40. The first-order valence-electron chi connectivity index (χ1n) is 7.82. The van der Waals surface area contributed by atoms with Gasteiger partial charge < -0.3 is 10.1 Å². The lowest BCUT2D eigenvalue weighted by Gasteiger charge is -2.26. The number of benzene rings is 2. The molecule has 1 N–H and O–H groups in total. The molecule has 9 heteroatoms. The normalized spacial score (nSPS) is 15.6. The molecule has 0 radical (unpaired) electrons. The molecule has 1 saturated heterocycles. The summed E-state index contributed by atoms with van der Waals surface area (Å²) in [6.45, 7) is 0.819. The standard InChI is InChI=1S/C17H16ClFN2O4S/c18-13-3-1-2-12(10-13)17(22)20-14-4-5-15(19)16(11-14)26(23,24)21-6-8-25-9-7-21/h1-5,10-11H,6-9H2,(H,20,22). The lowest BCUT2D eigenvalue weighted by atomic mass is 10.2. The number of carbonyl (C=O) groups is 1. The van der Waals surface area contributed by atoms with E-state index in [0.717, 1.165) is 16.4 Å². The summed E-state index contributed by atoms with van der Waals surface area (Å²) in [6, 6.07) is 9.72.